The number of rotatable bonds is 8. The summed E-state index contributed by atoms with van der Waals surface area (Å²) < 4.78 is 0. The summed E-state index contributed by atoms with van der Waals surface area (Å²) in [4.78, 5) is 30.5. The molecule has 154 valence electrons. The van der Waals surface area contributed by atoms with Crippen LogP contribution in [0.2, 0.25) is 0 Å². The first-order valence-corrected chi connectivity index (χ1v) is 10.5. The number of carbonyl (C=O) groups excluding carboxylic acids is 1. The zero-order chi connectivity index (χ0) is 19.4. The lowest BCUT2D eigenvalue weighted by Gasteiger charge is -2.31. The Labute approximate surface area is 174 Å². The van der Waals surface area contributed by atoms with Gasteiger partial charge in [0, 0.05) is 35.0 Å². The lowest BCUT2D eigenvalue weighted by Crippen LogP contribution is -2.37. The van der Waals surface area contributed by atoms with E-state index in [1.807, 2.05) is 19.1 Å². The molecule has 3 rings (SSSR count). The quantitative estimate of drug-likeness (QED) is 0.680. The van der Waals surface area contributed by atoms with E-state index < -0.39 is 0 Å². The molecule has 1 aliphatic carbocycles. The average Bonchev–Trinajstić information content (AvgIpc) is 2.65. The fourth-order valence-corrected chi connectivity index (χ4v) is 4.29. The third-order valence-corrected chi connectivity index (χ3v) is 5.85. The zero-order valence-electron chi connectivity index (χ0n) is 17.3. The van der Waals surface area contributed by atoms with Crippen LogP contribution in [-0.4, -0.2) is 35.3 Å². The Balaban J connectivity index is 0.00000280. The minimum Gasteiger partial charge on any atom is -0.322 e. The Hall–Kier alpha value is -1.65. The normalized spacial score (nSPS) is 16.3. The zero-order valence-corrected chi connectivity index (χ0v) is 18.2. The van der Waals surface area contributed by atoms with Gasteiger partial charge in [-0.15, -0.1) is 12.4 Å². The van der Waals surface area contributed by atoms with Gasteiger partial charge in [-0.3, -0.25) is 9.59 Å². The van der Waals surface area contributed by atoms with Gasteiger partial charge in [0.25, 0.3) is 0 Å². The highest BCUT2D eigenvalue weighted by atomic mass is 35.5. The largest absolute Gasteiger partial charge is 0.322 e. The summed E-state index contributed by atoms with van der Waals surface area (Å²) in [5.74, 6) is 0.318. The van der Waals surface area contributed by atoms with E-state index in [1.54, 1.807) is 0 Å². The number of Topliss-reactive ketones (excluding diaryl/α,β-unsaturated/α-hetero) is 1. The molecule has 5 heteroatoms. The fourth-order valence-electron chi connectivity index (χ4n) is 4.29. The number of aromatic amines is 1. The Bertz CT molecular complexity index is 867. The second-order valence-electron chi connectivity index (χ2n) is 7.94. The molecule has 0 radical (unpaired) electrons. The van der Waals surface area contributed by atoms with Gasteiger partial charge < -0.3 is 9.88 Å². The minimum atomic E-state index is -0.119. The molecule has 1 aromatic heterocycles. The number of fused-ring (bicyclic) bond motifs is 3. The number of hydrogen-bond donors (Lipinski definition) is 1. The van der Waals surface area contributed by atoms with Crippen molar-refractivity contribution < 1.29 is 4.79 Å². The van der Waals surface area contributed by atoms with Gasteiger partial charge in [0.15, 0.2) is 5.78 Å². The van der Waals surface area contributed by atoms with Gasteiger partial charge in [0.05, 0.1) is 0 Å². The lowest BCUT2D eigenvalue weighted by molar-refractivity contribution is 0.0857. The Morgan fingerprint density at radius 2 is 1.79 bits per heavy atom. The van der Waals surface area contributed by atoms with Gasteiger partial charge in [-0.05, 0) is 69.0 Å². The number of hydrogen-bond acceptors (Lipinski definition) is 3. The van der Waals surface area contributed by atoms with Gasteiger partial charge in [-0.25, -0.2) is 0 Å². The first-order chi connectivity index (χ1) is 13.0. The smallest absolute Gasteiger partial charge is 0.248 e. The van der Waals surface area contributed by atoms with Crippen molar-refractivity contribution in [3.8, 4) is 0 Å². The highest BCUT2D eigenvalue weighted by molar-refractivity contribution is 6.11. The van der Waals surface area contributed by atoms with Crippen molar-refractivity contribution in [2.24, 2.45) is 5.92 Å². The maximum Gasteiger partial charge on any atom is 0.248 e. The van der Waals surface area contributed by atoms with Crippen LogP contribution in [0.5, 0.6) is 0 Å². The molecule has 4 nitrogen and oxygen atoms in total. The van der Waals surface area contributed by atoms with E-state index in [0.29, 0.717) is 0 Å². The molecule has 2 aromatic rings. The third-order valence-electron chi connectivity index (χ3n) is 5.85. The van der Waals surface area contributed by atoms with Gasteiger partial charge in [0.2, 0.25) is 5.56 Å². The van der Waals surface area contributed by atoms with Crippen molar-refractivity contribution in [1.29, 1.82) is 0 Å². The van der Waals surface area contributed by atoms with E-state index in [9.17, 15) is 9.59 Å². The van der Waals surface area contributed by atoms with Crippen LogP contribution in [0.15, 0.2) is 23.0 Å². The number of nitrogens with zero attached hydrogens (tertiary/aromatic N) is 1. The predicted octanol–water partition coefficient (Wildman–Crippen LogP) is 4.91. The standard InChI is InChI=1S/C23H32N2O2.ClH/c1-4-6-12-25(13-7-5-2)15-17-8-9-18-16(3)14-20-19(22(18)23(17)27)10-11-21(26)24-20;/h10-11,14,17H,4-9,12-13,15H2,1-3H3,(H,24,26);1H. The molecule has 0 amide bonds. The van der Waals surface area contributed by atoms with Crippen molar-refractivity contribution in [3.63, 3.8) is 0 Å². The lowest BCUT2D eigenvalue weighted by atomic mass is 9.79. The summed E-state index contributed by atoms with van der Waals surface area (Å²) in [5.41, 5.74) is 3.79. The third kappa shape index (κ3) is 4.84. The van der Waals surface area contributed by atoms with E-state index in [4.69, 9.17) is 0 Å². The van der Waals surface area contributed by atoms with Crippen LogP contribution >= 0.6 is 12.4 Å². The van der Waals surface area contributed by atoms with Crippen LogP contribution in [0.1, 0.15) is 67.4 Å². The number of halogens is 1. The highest BCUT2D eigenvalue weighted by Crippen LogP contribution is 2.33. The molecule has 1 unspecified atom stereocenters. The summed E-state index contributed by atoms with van der Waals surface area (Å²) in [5, 5.41) is 0.901. The number of nitrogens with one attached hydrogen (secondary N) is 1. The Kier molecular flexibility index (Phi) is 8.26. The van der Waals surface area contributed by atoms with E-state index in [1.165, 1.54) is 37.3 Å². The van der Waals surface area contributed by atoms with E-state index in [2.05, 4.69) is 23.7 Å². The van der Waals surface area contributed by atoms with Crippen LogP contribution in [-0.2, 0) is 6.42 Å². The average molecular weight is 405 g/mol. The number of benzene rings is 1. The predicted molar refractivity (Wildman–Crippen MR) is 119 cm³/mol. The van der Waals surface area contributed by atoms with Crippen LogP contribution in [0, 0.1) is 12.8 Å². The van der Waals surface area contributed by atoms with Crippen molar-refractivity contribution in [3.05, 3.63) is 45.2 Å². The molecule has 0 saturated heterocycles. The SMILES string of the molecule is CCCCN(CCCC)CC1CCc2c(C)cc3[nH]c(=O)ccc3c2C1=O.Cl. The van der Waals surface area contributed by atoms with Crippen LogP contribution in [0.3, 0.4) is 0 Å². The first-order valence-electron chi connectivity index (χ1n) is 10.5. The molecule has 0 bridgehead atoms. The summed E-state index contributed by atoms with van der Waals surface area (Å²) >= 11 is 0. The van der Waals surface area contributed by atoms with Crippen LogP contribution in [0.4, 0.5) is 0 Å². The summed E-state index contributed by atoms with van der Waals surface area (Å²) in [6.07, 6.45) is 6.61. The van der Waals surface area contributed by atoms with Gasteiger partial charge in [-0.1, -0.05) is 26.7 Å². The topological polar surface area (TPSA) is 53.2 Å². The number of ketones is 1. The van der Waals surface area contributed by atoms with Crippen molar-refractivity contribution in [2.45, 2.75) is 59.3 Å². The maximum absolute atomic E-state index is 13.4. The van der Waals surface area contributed by atoms with Gasteiger partial charge in [-0.2, -0.15) is 0 Å². The van der Waals surface area contributed by atoms with Crippen molar-refractivity contribution >= 4 is 29.1 Å². The summed E-state index contributed by atoms with van der Waals surface area (Å²) in [6, 6.07) is 5.36. The molecule has 1 heterocycles. The Morgan fingerprint density at radius 1 is 1.11 bits per heavy atom. The molecule has 1 atom stereocenters. The minimum absolute atomic E-state index is 0. The van der Waals surface area contributed by atoms with Crippen LogP contribution in [0.25, 0.3) is 10.9 Å². The molecule has 0 spiro atoms. The number of H-pyrrole nitrogens is 1. The molecular weight excluding hydrogens is 372 g/mol. The second-order valence-corrected chi connectivity index (χ2v) is 7.94. The first kappa shape index (κ1) is 22.6. The van der Waals surface area contributed by atoms with Crippen LogP contribution < -0.4 is 5.56 Å². The fraction of sp³-hybridized carbons (Fsp3) is 0.565. The Morgan fingerprint density at radius 3 is 2.43 bits per heavy atom. The van der Waals surface area contributed by atoms with Crippen molar-refractivity contribution in [2.75, 3.05) is 19.6 Å². The number of aryl methyl sites for hydroxylation is 1. The van der Waals surface area contributed by atoms with E-state index in [0.717, 1.165) is 54.5 Å². The number of carbonyl (C=O) groups is 1. The monoisotopic (exact) mass is 404 g/mol. The summed E-state index contributed by atoms with van der Waals surface area (Å²) in [6.45, 7) is 9.50. The maximum atomic E-state index is 13.4. The summed E-state index contributed by atoms with van der Waals surface area (Å²) in [7, 11) is 0. The molecule has 0 saturated carbocycles. The molecule has 28 heavy (non-hydrogen) atoms. The number of pyridine rings is 1. The van der Waals surface area contributed by atoms with Gasteiger partial charge in [0.1, 0.15) is 0 Å². The molecule has 1 aromatic carbocycles. The van der Waals surface area contributed by atoms with E-state index in [-0.39, 0.29) is 29.7 Å². The number of aromatic nitrogens is 1. The highest BCUT2D eigenvalue weighted by Gasteiger charge is 2.31. The van der Waals surface area contributed by atoms with E-state index >= 15 is 0 Å². The van der Waals surface area contributed by atoms with Gasteiger partial charge >= 0.3 is 0 Å². The van der Waals surface area contributed by atoms with Crippen molar-refractivity contribution in [1.82, 2.24) is 9.88 Å². The number of unbranched alkanes of at least 4 members (excludes halogenated alkanes) is 2. The second kappa shape index (κ2) is 10.2. The molecule has 0 fully saturated rings. The molecular formula is C23H33ClN2O2. The molecule has 0 aliphatic heterocycles. The molecule has 1 aliphatic rings. The molecule has 1 N–H and O–H groups in total.